The van der Waals surface area contributed by atoms with Gasteiger partial charge in [0.25, 0.3) is 0 Å². The molecule has 2 aliphatic carbocycles. The quantitative estimate of drug-likeness (QED) is 0.526. The normalized spacial score (nSPS) is 20.7. The van der Waals surface area contributed by atoms with Crippen LogP contribution in [0.4, 0.5) is 5.69 Å². The Labute approximate surface area is 175 Å². The predicted molar refractivity (Wildman–Crippen MR) is 120 cm³/mol. The van der Waals surface area contributed by atoms with E-state index in [0.717, 1.165) is 57.7 Å². The van der Waals surface area contributed by atoms with Crippen molar-refractivity contribution in [2.45, 2.75) is 52.9 Å². The SMILES string of the molecule is CCC1(COc2ccc(N(C3=CC=C(C)CC3)C3=CC=C(C)CC3)cc2)COC1. The average Bonchev–Trinajstić information content (AvgIpc) is 2.72. The summed E-state index contributed by atoms with van der Waals surface area (Å²) in [6.45, 7) is 9.01. The first-order valence-corrected chi connectivity index (χ1v) is 10.9. The molecule has 1 aromatic carbocycles. The molecule has 0 spiro atoms. The highest BCUT2D eigenvalue weighted by molar-refractivity contribution is 5.61. The van der Waals surface area contributed by atoms with Gasteiger partial charge in [0.15, 0.2) is 0 Å². The number of hydrogen-bond donors (Lipinski definition) is 0. The molecule has 0 radical (unpaired) electrons. The summed E-state index contributed by atoms with van der Waals surface area (Å²) in [5.41, 5.74) is 7.08. The molecule has 1 fully saturated rings. The first kappa shape index (κ1) is 20.0. The van der Waals surface area contributed by atoms with Crippen molar-refractivity contribution >= 4 is 5.69 Å². The Morgan fingerprint density at radius 3 is 1.86 bits per heavy atom. The molecule has 29 heavy (non-hydrogen) atoms. The highest BCUT2D eigenvalue weighted by Crippen LogP contribution is 2.36. The maximum Gasteiger partial charge on any atom is 0.119 e. The summed E-state index contributed by atoms with van der Waals surface area (Å²) in [6, 6.07) is 8.62. The fourth-order valence-electron chi connectivity index (χ4n) is 4.06. The Morgan fingerprint density at radius 2 is 1.45 bits per heavy atom. The summed E-state index contributed by atoms with van der Waals surface area (Å²) in [5, 5.41) is 0. The van der Waals surface area contributed by atoms with Crippen LogP contribution in [0.1, 0.15) is 52.9 Å². The van der Waals surface area contributed by atoms with E-state index < -0.39 is 0 Å². The zero-order valence-corrected chi connectivity index (χ0v) is 18.0. The average molecular weight is 392 g/mol. The maximum atomic E-state index is 6.11. The van der Waals surface area contributed by atoms with Crippen LogP contribution in [-0.4, -0.2) is 19.8 Å². The number of anilines is 1. The van der Waals surface area contributed by atoms with E-state index in [1.165, 1.54) is 28.2 Å². The number of allylic oxidation sites excluding steroid dienone is 8. The Balaban J connectivity index is 1.54. The van der Waals surface area contributed by atoms with Crippen LogP contribution in [0.5, 0.6) is 5.75 Å². The molecule has 1 saturated heterocycles. The molecule has 0 bridgehead atoms. The van der Waals surface area contributed by atoms with Crippen LogP contribution in [0.2, 0.25) is 0 Å². The predicted octanol–water partition coefficient (Wildman–Crippen LogP) is 6.55. The smallest absolute Gasteiger partial charge is 0.119 e. The number of benzene rings is 1. The molecule has 0 amide bonds. The van der Waals surface area contributed by atoms with Gasteiger partial charge in [-0.3, -0.25) is 0 Å². The van der Waals surface area contributed by atoms with Crippen molar-refractivity contribution in [1.82, 2.24) is 0 Å². The first-order chi connectivity index (χ1) is 14.1. The van der Waals surface area contributed by atoms with E-state index in [9.17, 15) is 0 Å². The lowest BCUT2D eigenvalue weighted by Gasteiger charge is -2.40. The molecule has 154 valence electrons. The molecular weight excluding hydrogens is 358 g/mol. The van der Waals surface area contributed by atoms with Gasteiger partial charge in [0.2, 0.25) is 0 Å². The highest BCUT2D eigenvalue weighted by Gasteiger charge is 2.37. The lowest BCUT2D eigenvalue weighted by atomic mass is 9.84. The highest BCUT2D eigenvalue weighted by atomic mass is 16.5. The van der Waals surface area contributed by atoms with Crippen molar-refractivity contribution < 1.29 is 9.47 Å². The van der Waals surface area contributed by atoms with Gasteiger partial charge in [-0.2, -0.15) is 0 Å². The van der Waals surface area contributed by atoms with Gasteiger partial charge in [0, 0.05) is 17.1 Å². The van der Waals surface area contributed by atoms with Crippen molar-refractivity contribution in [1.29, 1.82) is 0 Å². The molecule has 3 aliphatic rings. The molecule has 3 heteroatoms. The third kappa shape index (κ3) is 4.51. The molecule has 1 heterocycles. The van der Waals surface area contributed by atoms with Crippen LogP contribution in [0.25, 0.3) is 0 Å². The second-order valence-electron chi connectivity index (χ2n) is 8.81. The van der Waals surface area contributed by atoms with Crippen LogP contribution < -0.4 is 9.64 Å². The Hall–Kier alpha value is -2.26. The molecule has 0 saturated carbocycles. The fraction of sp³-hybridized carbons (Fsp3) is 0.462. The summed E-state index contributed by atoms with van der Waals surface area (Å²) in [7, 11) is 0. The van der Waals surface area contributed by atoms with Crippen LogP contribution in [0, 0.1) is 5.41 Å². The third-order valence-electron chi connectivity index (χ3n) is 6.45. The van der Waals surface area contributed by atoms with Crippen LogP contribution in [0.15, 0.2) is 71.1 Å². The van der Waals surface area contributed by atoms with Gasteiger partial charge in [-0.05, 0) is 82.4 Å². The molecule has 1 aromatic rings. The molecular formula is C26H33NO2. The molecule has 4 rings (SSSR count). The minimum Gasteiger partial charge on any atom is -0.493 e. The minimum atomic E-state index is 0.207. The van der Waals surface area contributed by atoms with Crippen LogP contribution >= 0.6 is 0 Å². The molecule has 1 aliphatic heterocycles. The van der Waals surface area contributed by atoms with Crippen LogP contribution in [0.3, 0.4) is 0 Å². The van der Waals surface area contributed by atoms with Crippen molar-refractivity contribution in [3.63, 3.8) is 0 Å². The summed E-state index contributed by atoms with van der Waals surface area (Å²) in [4.78, 5) is 2.45. The van der Waals surface area contributed by atoms with Crippen molar-refractivity contribution in [3.05, 3.63) is 71.1 Å². The molecule has 3 nitrogen and oxygen atoms in total. The third-order valence-corrected chi connectivity index (χ3v) is 6.45. The summed E-state index contributed by atoms with van der Waals surface area (Å²) in [6.07, 6.45) is 14.6. The van der Waals surface area contributed by atoms with Gasteiger partial charge in [-0.25, -0.2) is 0 Å². The Bertz CT molecular complexity index is 810. The molecule has 0 unspecified atom stereocenters. The molecule has 0 aromatic heterocycles. The standard InChI is InChI=1S/C26H33NO2/c1-4-26(17-28-18-26)19-29-25-15-13-24(14-16-25)27(22-9-5-20(2)6-10-22)23-11-7-21(3)8-12-23/h5,7,9,11,13-16H,4,6,8,10,12,17-19H2,1-3H3. The van der Waals surface area contributed by atoms with Gasteiger partial charge in [-0.1, -0.05) is 30.2 Å². The minimum absolute atomic E-state index is 0.207. The Morgan fingerprint density at radius 1 is 0.862 bits per heavy atom. The zero-order valence-electron chi connectivity index (χ0n) is 18.0. The van der Waals surface area contributed by atoms with E-state index in [2.05, 4.69) is 74.2 Å². The van der Waals surface area contributed by atoms with E-state index in [1.807, 2.05) is 0 Å². The number of ether oxygens (including phenoxy) is 2. The van der Waals surface area contributed by atoms with E-state index in [-0.39, 0.29) is 5.41 Å². The summed E-state index contributed by atoms with van der Waals surface area (Å²) in [5.74, 6) is 0.940. The van der Waals surface area contributed by atoms with Gasteiger partial charge in [0.1, 0.15) is 5.75 Å². The van der Waals surface area contributed by atoms with Crippen molar-refractivity contribution in [2.75, 3.05) is 24.7 Å². The van der Waals surface area contributed by atoms with Gasteiger partial charge in [-0.15, -0.1) is 0 Å². The number of rotatable bonds is 7. The lowest BCUT2D eigenvalue weighted by Crippen LogP contribution is -2.46. The van der Waals surface area contributed by atoms with E-state index >= 15 is 0 Å². The van der Waals surface area contributed by atoms with E-state index in [1.54, 1.807) is 0 Å². The first-order valence-electron chi connectivity index (χ1n) is 10.9. The van der Waals surface area contributed by atoms with Crippen molar-refractivity contribution in [2.24, 2.45) is 5.41 Å². The largest absolute Gasteiger partial charge is 0.493 e. The van der Waals surface area contributed by atoms with E-state index in [4.69, 9.17) is 9.47 Å². The number of nitrogens with zero attached hydrogens (tertiary/aromatic N) is 1. The zero-order chi connectivity index (χ0) is 20.3. The summed E-state index contributed by atoms with van der Waals surface area (Å²) < 4.78 is 11.5. The second kappa shape index (κ2) is 8.62. The fourth-order valence-corrected chi connectivity index (χ4v) is 4.06. The number of hydrogen-bond acceptors (Lipinski definition) is 3. The second-order valence-corrected chi connectivity index (χ2v) is 8.81. The van der Waals surface area contributed by atoms with Crippen molar-refractivity contribution in [3.8, 4) is 5.75 Å². The summed E-state index contributed by atoms with van der Waals surface area (Å²) >= 11 is 0. The molecule has 0 atom stereocenters. The van der Waals surface area contributed by atoms with Gasteiger partial charge < -0.3 is 14.4 Å². The maximum absolute atomic E-state index is 6.11. The lowest BCUT2D eigenvalue weighted by molar-refractivity contribution is -0.133. The van der Waals surface area contributed by atoms with Gasteiger partial charge in [0.05, 0.1) is 25.2 Å². The topological polar surface area (TPSA) is 21.7 Å². The molecule has 0 N–H and O–H groups in total. The van der Waals surface area contributed by atoms with E-state index in [0.29, 0.717) is 0 Å². The van der Waals surface area contributed by atoms with Gasteiger partial charge >= 0.3 is 0 Å². The Kier molecular flexibility index (Phi) is 5.96. The monoisotopic (exact) mass is 391 g/mol. The van der Waals surface area contributed by atoms with Crippen LogP contribution in [-0.2, 0) is 4.74 Å².